The summed E-state index contributed by atoms with van der Waals surface area (Å²) in [5.41, 5.74) is -0.905. The molecule has 0 heterocycles. The Labute approximate surface area is 119 Å². The van der Waals surface area contributed by atoms with E-state index in [2.05, 4.69) is 19.1 Å². The summed E-state index contributed by atoms with van der Waals surface area (Å²) in [6.45, 7) is 5.43. The molecular weight excluding hydrogens is 283 g/mol. The van der Waals surface area contributed by atoms with Crippen molar-refractivity contribution in [2.24, 2.45) is 0 Å². The van der Waals surface area contributed by atoms with Gasteiger partial charge in [-0.25, -0.2) is 0 Å². The zero-order chi connectivity index (χ0) is 13.3. The van der Waals surface area contributed by atoms with E-state index >= 15 is 0 Å². The van der Waals surface area contributed by atoms with E-state index in [0.717, 1.165) is 18.6 Å². The lowest BCUT2D eigenvalue weighted by Gasteiger charge is -2.20. The molecule has 1 atom stereocenters. The van der Waals surface area contributed by atoms with Gasteiger partial charge in [0.05, 0.1) is 13.2 Å². The van der Waals surface area contributed by atoms with Gasteiger partial charge in [-0.15, -0.1) is 0 Å². The molecule has 1 rings (SSSR count). The van der Waals surface area contributed by atoms with Crippen molar-refractivity contribution in [3.05, 3.63) is 35.9 Å². The first-order valence-electron chi connectivity index (χ1n) is 6.27. The first-order valence-corrected chi connectivity index (χ1v) is 10.5. The van der Waals surface area contributed by atoms with Crippen molar-refractivity contribution in [1.29, 1.82) is 0 Å². The SMILES string of the molecule is CCCCOP(=S)(OCC)SCc1ccccc1. The maximum Gasteiger partial charge on any atom is 0.247 e. The van der Waals surface area contributed by atoms with E-state index in [1.165, 1.54) is 5.56 Å². The molecule has 1 aromatic rings. The van der Waals surface area contributed by atoms with Crippen LogP contribution in [0.5, 0.6) is 0 Å². The number of hydrogen-bond donors (Lipinski definition) is 0. The van der Waals surface area contributed by atoms with Gasteiger partial charge in [0.2, 0.25) is 5.69 Å². The van der Waals surface area contributed by atoms with Gasteiger partial charge in [-0.2, -0.15) is 0 Å². The van der Waals surface area contributed by atoms with E-state index in [1.807, 2.05) is 25.1 Å². The molecule has 0 aromatic heterocycles. The van der Waals surface area contributed by atoms with Gasteiger partial charge in [0.15, 0.2) is 0 Å². The summed E-state index contributed by atoms with van der Waals surface area (Å²) in [5, 5.41) is 0. The number of rotatable bonds is 9. The summed E-state index contributed by atoms with van der Waals surface area (Å²) in [7, 11) is 0. The topological polar surface area (TPSA) is 18.5 Å². The van der Waals surface area contributed by atoms with E-state index < -0.39 is 5.69 Å². The van der Waals surface area contributed by atoms with Crippen LogP contribution in [0, 0.1) is 0 Å². The average Bonchev–Trinajstić information content (AvgIpc) is 2.39. The molecule has 0 N–H and O–H groups in total. The van der Waals surface area contributed by atoms with E-state index in [4.69, 9.17) is 20.9 Å². The second-order valence-corrected chi connectivity index (χ2v) is 10.1. The van der Waals surface area contributed by atoms with Crippen LogP contribution in [0.4, 0.5) is 0 Å². The minimum Gasteiger partial charge on any atom is -0.322 e. The van der Waals surface area contributed by atoms with Crippen LogP contribution in [0.1, 0.15) is 32.3 Å². The lowest BCUT2D eigenvalue weighted by Crippen LogP contribution is -1.95. The molecule has 0 spiro atoms. The van der Waals surface area contributed by atoms with Crippen molar-refractivity contribution in [2.75, 3.05) is 13.2 Å². The standard InChI is InChI=1S/C13H21O2PS2/c1-3-5-11-15-16(17,14-4-2)18-12-13-9-7-6-8-10-13/h6-10H,3-5,11-12H2,1-2H3. The number of unbranched alkanes of at least 4 members (excludes halogenated alkanes) is 1. The highest BCUT2D eigenvalue weighted by atomic mass is 32.9. The highest BCUT2D eigenvalue weighted by Crippen LogP contribution is 2.62. The molecule has 0 radical (unpaired) electrons. The molecule has 2 nitrogen and oxygen atoms in total. The Morgan fingerprint density at radius 2 is 1.89 bits per heavy atom. The summed E-state index contributed by atoms with van der Waals surface area (Å²) in [6.07, 6.45) is 2.15. The lowest BCUT2D eigenvalue weighted by molar-refractivity contribution is 0.265. The third-order valence-corrected chi connectivity index (χ3v) is 7.67. The molecule has 1 unspecified atom stereocenters. The Morgan fingerprint density at radius 3 is 2.50 bits per heavy atom. The molecule has 102 valence electrons. The van der Waals surface area contributed by atoms with Gasteiger partial charge in [-0.3, -0.25) is 0 Å². The van der Waals surface area contributed by atoms with Gasteiger partial charge in [-0.05, 0) is 30.7 Å². The fourth-order valence-electron chi connectivity index (χ4n) is 1.32. The van der Waals surface area contributed by atoms with E-state index in [0.29, 0.717) is 13.2 Å². The fraction of sp³-hybridized carbons (Fsp3) is 0.538. The highest BCUT2D eigenvalue weighted by molar-refractivity contribution is 8.67. The summed E-state index contributed by atoms with van der Waals surface area (Å²) in [4.78, 5) is 0. The van der Waals surface area contributed by atoms with Crippen LogP contribution in [0.15, 0.2) is 30.3 Å². The lowest BCUT2D eigenvalue weighted by atomic mass is 10.2. The normalized spacial score (nSPS) is 14.3. The Morgan fingerprint density at radius 1 is 1.17 bits per heavy atom. The zero-order valence-electron chi connectivity index (χ0n) is 11.0. The Hall–Kier alpha value is 0.140. The summed E-state index contributed by atoms with van der Waals surface area (Å²) in [6, 6.07) is 10.3. The second-order valence-electron chi connectivity index (χ2n) is 3.81. The first kappa shape index (κ1) is 16.2. The summed E-state index contributed by atoms with van der Waals surface area (Å²) in [5.74, 6) is 0.851. The van der Waals surface area contributed by atoms with Crippen LogP contribution in [0.2, 0.25) is 0 Å². The molecule has 0 aliphatic rings. The smallest absolute Gasteiger partial charge is 0.247 e. The van der Waals surface area contributed by atoms with Crippen molar-refractivity contribution in [2.45, 2.75) is 32.4 Å². The van der Waals surface area contributed by atoms with Gasteiger partial charge in [0.25, 0.3) is 0 Å². The van der Waals surface area contributed by atoms with Gasteiger partial charge in [0, 0.05) is 5.75 Å². The second kappa shape index (κ2) is 9.11. The van der Waals surface area contributed by atoms with E-state index in [-0.39, 0.29) is 0 Å². The van der Waals surface area contributed by atoms with Gasteiger partial charge in [-0.1, -0.05) is 55.1 Å². The molecule has 0 fully saturated rings. The van der Waals surface area contributed by atoms with Crippen molar-refractivity contribution in [3.63, 3.8) is 0 Å². The minimum absolute atomic E-state index is 0.616. The Bertz CT molecular complexity index is 371. The summed E-state index contributed by atoms with van der Waals surface area (Å²) >= 11 is 7.18. The third kappa shape index (κ3) is 6.35. The Balaban J connectivity index is 2.48. The molecule has 0 bridgehead atoms. The third-order valence-electron chi connectivity index (χ3n) is 2.27. The highest BCUT2D eigenvalue weighted by Gasteiger charge is 2.19. The van der Waals surface area contributed by atoms with Crippen LogP contribution in [0.25, 0.3) is 0 Å². The maximum absolute atomic E-state index is 5.80. The van der Waals surface area contributed by atoms with Crippen molar-refractivity contribution in [3.8, 4) is 0 Å². The van der Waals surface area contributed by atoms with E-state index in [1.54, 1.807) is 11.4 Å². The Kier molecular flexibility index (Phi) is 8.20. The van der Waals surface area contributed by atoms with Crippen molar-refractivity contribution < 1.29 is 9.05 Å². The van der Waals surface area contributed by atoms with Gasteiger partial charge < -0.3 is 9.05 Å². The van der Waals surface area contributed by atoms with Crippen LogP contribution in [0.3, 0.4) is 0 Å². The number of hydrogen-bond acceptors (Lipinski definition) is 4. The maximum atomic E-state index is 5.80. The number of benzene rings is 1. The monoisotopic (exact) mass is 304 g/mol. The minimum atomic E-state index is -2.16. The molecule has 5 heteroatoms. The van der Waals surface area contributed by atoms with Gasteiger partial charge >= 0.3 is 0 Å². The predicted octanol–water partition coefficient (Wildman–Crippen LogP) is 5.00. The predicted molar refractivity (Wildman–Crippen MR) is 84.5 cm³/mol. The van der Waals surface area contributed by atoms with Crippen LogP contribution in [-0.4, -0.2) is 13.2 Å². The zero-order valence-corrected chi connectivity index (χ0v) is 13.5. The van der Waals surface area contributed by atoms with Crippen LogP contribution in [-0.2, 0) is 26.6 Å². The van der Waals surface area contributed by atoms with Gasteiger partial charge in [0.1, 0.15) is 0 Å². The molecule has 0 amide bonds. The van der Waals surface area contributed by atoms with Crippen molar-refractivity contribution in [1.82, 2.24) is 0 Å². The summed E-state index contributed by atoms with van der Waals surface area (Å²) < 4.78 is 11.5. The fourth-order valence-corrected chi connectivity index (χ4v) is 5.63. The first-order chi connectivity index (χ1) is 8.70. The molecule has 18 heavy (non-hydrogen) atoms. The molecule has 0 aliphatic carbocycles. The van der Waals surface area contributed by atoms with Crippen LogP contribution < -0.4 is 0 Å². The largest absolute Gasteiger partial charge is 0.322 e. The molecule has 0 saturated heterocycles. The quantitative estimate of drug-likeness (QED) is 0.472. The molecule has 1 aromatic carbocycles. The van der Waals surface area contributed by atoms with Crippen LogP contribution >= 0.6 is 17.1 Å². The average molecular weight is 304 g/mol. The molecule has 0 aliphatic heterocycles. The van der Waals surface area contributed by atoms with Crippen molar-refractivity contribution >= 4 is 28.9 Å². The molecule has 0 saturated carbocycles. The van der Waals surface area contributed by atoms with E-state index in [9.17, 15) is 0 Å². The molecular formula is C13H21O2PS2.